The van der Waals surface area contributed by atoms with Crippen LogP contribution < -0.4 is 10.6 Å². The molecule has 1 aromatic heterocycles. The van der Waals surface area contributed by atoms with E-state index in [-0.39, 0.29) is 6.61 Å². The number of aliphatic hydroxyl groups excluding tert-OH is 1. The molecular weight excluding hydrogens is 216 g/mol. The first-order valence-electron chi connectivity index (χ1n) is 6.09. The normalized spacial score (nSPS) is 12.2. The molecule has 1 rings (SSSR count). The summed E-state index contributed by atoms with van der Waals surface area (Å²) in [6.07, 6.45) is 2.61. The van der Waals surface area contributed by atoms with Gasteiger partial charge in [0, 0.05) is 31.5 Å². The highest BCUT2D eigenvalue weighted by Gasteiger charge is 2.05. The van der Waals surface area contributed by atoms with Crippen LogP contribution in [0.1, 0.15) is 25.8 Å². The standard InChI is InChI=1S/C12H22N4O/c1-4-13-12-15-8-10(3)11(16-12)14-7-9(2)5-6-17/h8-9,17H,4-7H2,1-3H3,(H2,13,14,15,16). The van der Waals surface area contributed by atoms with Crippen LogP contribution in [0.2, 0.25) is 0 Å². The van der Waals surface area contributed by atoms with Crippen molar-refractivity contribution in [3.63, 3.8) is 0 Å². The molecule has 0 bridgehead atoms. The Hall–Kier alpha value is -1.36. The quantitative estimate of drug-likeness (QED) is 0.674. The molecule has 1 aromatic rings. The Labute approximate surface area is 103 Å². The van der Waals surface area contributed by atoms with Gasteiger partial charge in [0.1, 0.15) is 5.82 Å². The van der Waals surface area contributed by atoms with Crippen LogP contribution in [-0.4, -0.2) is 34.8 Å². The Bertz CT molecular complexity index is 343. The smallest absolute Gasteiger partial charge is 0.224 e. The maximum atomic E-state index is 8.84. The molecule has 5 heteroatoms. The van der Waals surface area contributed by atoms with Gasteiger partial charge in [-0.1, -0.05) is 6.92 Å². The molecular formula is C12H22N4O. The van der Waals surface area contributed by atoms with Crippen LogP contribution in [0.15, 0.2) is 6.20 Å². The van der Waals surface area contributed by atoms with E-state index in [4.69, 9.17) is 5.11 Å². The zero-order valence-electron chi connectivity index (χ0n) is 10.8. The van der Waals surface area contributed by atoms with Gasteiger partial charge in [0.05, 0.1) is 0 Å². The van der Waals surface area contributed by atoms with Crippen molar-refractivity contribution in [3.05, 3.63) is 11.8 Å². The number of aryl methyl sites for hydroxylation is 1. The second-order valence-electron chi connectivity index (χ2n) is 4.25. The number of nitrogens with zero attached hydrogens (tertiary/aromatic N) is 2. The zero-order valence-corrected chi connectivity index (χ0v) is 10.8. The lowest BCUT2D eigenvalue weighted by Gasteiger charge is -2.14. The van der Waals surface area contributed by atoms with E-state index in [1.165, 1.54) is 0 Å². The number of aliphatic hydroxyl groups is 1. The highest BCUT2D eigenvalue weighted by molar-refractivity contribution is 5.46. The van der Waals surface area contributed by atoms with Crippen molar-refractivity contribution < 1.29 is 5.11 Å². The number of aromatic nitrogens is 2. The summed E-state index contributed by atoms with van der Waals surface area (Å²) in [6.45, 7) is 7.95. The molecule has 0 fully saturated rings. The summed E-state index contributed by atoms with van der Waals surface area (Å²) in [7, 11) is 0. The average Bonchev–Trinajstić information content (AvgIpc) is 2.30. The van der Waals surface area contributed by atoms with E-state index in [2.05, 4.69) is 27.5 Å². The van der Waals surface area contributed by atoms with E-state index in [1.54, 1.807) is 0 Å². The Morgan fingerprint density at radius 1 is 1.41 bits per heavy atom. The third-order valence-electron chi connectivity index (χ3n) is 2.55. The van der Waals surface area contributed by atoms with Crippen molar-refractivity contribution in [2.45, 2.75) is 27.2 Å². The predicted molar refractivity (Wildman–Crippen MR) is 70.3 cm³/mol. The fraction of sp³-hybridized carbons (Fsp3) is 0.667. The van der Waals surface area contributed by atoms with Gasteiger partial charge in [-0.25, -0.2) is 4.98 Å². The predicted octanol–water partition coefficient (Wildman–Crippen LogP) is 1.65. The number of anilines is 2. The van der Waals surface area contributed by atoms with Gasteiger partial charge in [-0.3, -0.25) is 0 Å². The summed E-state index contributed by atoms with van der Waals surface area (Å²) in [4.78, 5) is 8.59. The SMILES string of the molecule is CCNc1ncc(C)c(NCC(C)CCO)n1. The highest BCUT2D eigenvalue weighted by Crippen LogP contribution is 2.13. The summed E-state index contributed by atoms with van der Waals surface area (Å²) in [6, 6.07) is 0. The number of rotatable bonds is 7. The molecule has 5 nitrogen and oxygen atoms in total. The molecule has 0 saturated carbocycles. The molecule has 17 heavy (non-hydrogen) atoms. The molecule has 0 spiro atoms. The van der Waals surface area contributed by atoms with Gasteiger partial charge >= 0.3 is 0 Å². The monoisotopic (exact) mass is 238 g/mol. The van der Waals surface area contributed by atoms with Crippen LogP contribution in [0.3, 0.4) is 0 Å². The van der Waals surface area contributed by atoms with Crippen molar-refractivity contribution in [1.29, 1.82) is 0 Å². The fourth-order valence-electron chi connectivity index (χ4n) is 1.46. The molecule has 1 atom stereocenters. The molecule has 1 heterocycles. The minimum Gasteiger partial charge on any atom is -0.396 e. The highest BCUT2D eigenvalue weighted by atomic mass is 16.3. The maximum absolute atomic E-state index is 8.84. The maximum Gasteiger partial charge on any atom is 0.224 e. The molecule has 0 saturated heterocycles. The van der Waals surface area contributed by atoms with E-state index in [1.807, 2.05) is 20.0 Å². The van der Waals surface area contributed by atoms with Crippen molar-refractivity contribution in [3.8, 4) is 0 Å². The van der Waals surface area contributed by atoms with Crippen LogP contribution in [0.25, 0.3) is 0 Å². The molecule has 0 amide bonds. The summed E-state index contributed by atoms with van der Waals surface area (Å²) in [5.41, 5.74) is 1.03. The van der Waals surface area contributed by atoms with E-state index < -0.39 is 0 Å². The van der Waals surface area contributed by atoms with Crippen molar-refractivity contribution in [2.75, 3.05) is 30.3 Å². The van der Waals surface area contributed by atoms with Crippen LogP contribution in [0.5, 0.6) is 0 Å². The molecule has 0 aliphatic rings. The van der Waals surface area contributed by atoms with Crippen LogP contribution in [0.4, 0.5) is 11.8 Å². The summed E-state index contributed by atoms with van der Waals surface area (Å²) >= 11 is 0. The second kappa shape index (κ2) is 7.06. The van der Waals surface area contributed by atoms with Gasteiger partial charge in [-0.2, -0.15) is 4.98 Å². The second-order valence-corrected chi connectivity index (χ2v) is 4.25. The van der Waals surface area contributed by atoms with Gasteiger partial charge in [0.15, 0.2) is 0 Å². The van der Waals surface area contributed by atoms with E-state index in [0.717, 1.165) is 30.9 Å². The van der Waals surface area contributed by atoms with Crippen LogP contribution in [-0.2, 0) is 0 Å². The third kappa shape index (κ3) is 4.56. The largest absolute Gasteiger partial charge is 0.396 e. The minimum atomic E-state index is 0.230. The van der Waals surface area contributed by atoms with Crippen molar-refractivity contribution >= 4 is 11.8 Å². The molecule has 96 valence electrons. The number of nitrogens with one attached hydrogen (secondary N) is 2. The molecule has 0 radical (unpaired) electrons. The minimum absolute atomic E-state index is 0.230. The first-order valence-corrected chi connectivity index (χ1v) is 6.09. The van der Waals surface area contributed by atoms with Gasteiger partial charge in [-0.05, 0) is 26.2 Å². The first-order chi connectivity index (χ1) is 8.17. The van der Waals surface area contributed by atoms with Gasteiger partial charge in [-0.15, -0.1) is 0 Å². The zero-order chi connectivity index (χ0) is 12.7. The molecule has 0 aliphatic carbocycles. The first kappa shape index (κ1) is 13.7. The van der Waals surface area contributed by atoms with Gasteiger partial charge < -0.3 is 15.7 Å². The summed E-state index contributed by atoms with van der Waals surface area (Å²) < 4.78 is 0. The summed E-state index contributed by atoms with van der Waals surface area (Å²) in [5.74, 6) is 1.94. The molecule has 0 aliphatic heterocycles. The molecule has 0 aromatic carbocycles. The topological polar surface area (TPSA) is 70.1 Å². The number of hydrogen-bond donors (Lipinski definition) is 3. The van der Waals surface area contributed by atoms with E-state index in [0.29, 0.717) is 11.9 Å². The lowest BCUT2D eigenvalue weighted by atomic mass is 10.1. The van der Waals surface area contributed by atoms with Crippen molar-refractivity contribution in [1.82, 2.24) is 9.97 Å². The lowest BCUT2D eigenvalue weighted by molar-refractivity contribution is 0.266. The third-order valence-corrected chi connectivity index (χ3v) is 2.55. The van der Waals surface area contributed by atoms with Gasteiger partial charge in [0.2, 0.25) is 5.95 Å². The summed E-state index contributed by atoms with van der Waals surface area (Å²) in [5, 5.41) is 15.2. The van der Waals surface area contributed by atoms with Gasteiger partial charge in [0.25, 0.3) is 0 Å². The Kier molecular flexibility index (Phi) is 5.69. The van der Waals surface area contributed by atoms with E-state index in [9.17, 15) is 0 Å². The number of hydrogen-bond acceptors (Lipinski definition) is 5. The lowest BCUT2D eigenvalue weighted by Crippen LogP contribution is -2.15. The fourth-order valence-corrected chi connectivity index (χ4v) is 1.46. The van der Waals surface area contributed by atoms with Crippen LogP contribution >= 0.6 is 0 Å². The van der Waals surface area contributed by atoms with Crippen molar-refractivity contribution in [2.24, 2.45) is 5.92 Å². The Morgan fingerprint density at radius 2 is 2.18 bits per heavy atom. The average molecular weight is 238 g/mol. The Balaban J connectivity index is 2.59. The van der Waals surface area contributed by atoms with Crippen LogP contribution in [0, 0.1) is 12.8 Å². The Morgan fingerprint density at radius 3 is 2.82 bits per heavy atom. The molecule has 3 N–H and O–H groups in total. The molecule has 1 unspecified atom stereocenters. The van der Waals surface area contributed by atoms with E-state index >= 15 is 0 Å².